The van der Waals surface area contributed by atoms with Crippen LogP contribution in [0.2, 0.25) is 0 Å². The molecule has 2 heterocycles. The van der Waals surface area contributed by atoms with Crippen LogP contribution in [0.3, 0.4) is 0 Å². The molecule has 0 aliphatic heterocycles. The van der Waals surface area contributed by atoms with Gasteiger partial charge in [-0.05, 0) is 25.3 Å². The predicted molar refractivity (Wildman–Crippen MR) is 70.2 cm³/mol. The van der Waals surface area contributed by atoms with E-state index in [1.165, 1.54) is 4.90 Å². The largest absolute Gasteiger partial charge is 0.364 e. The van der Waals surface area contributed by atoms with Crippen molar-refractivity contribution in [3.8, 4) is 0 Å². The molecular formula is C11H13N3S2. The summed E-state index contributed by atoms with van der Waals surface area (Å²) in [6.07, 6.45) is 3.92. The van der Waals surface area contributed by atoms with E-state index < -0.39 is 0 Å². The van der Waals surface area contributed by atoms with Crippen molar-refractivity contribution in [3.05, 3.63) is 34.4 Å². The molecule has 3 nitrogen and oxygen atoms in total. The van der Waals surface area contributed by atoms with Gasteiger partial charge in [0.1, 0.15) is 10.8 Å². The van der Waals surface area contributed by atoms with Gasteiger partial charge in [0.25, 0.3) is 0 Å². The second-order valence-corrected chi connectivity index (χ2v) is 5.14. The van der Waals surface area contributed by atoms with E-state index in [-0.39, 0.29) is 0 Å². The third kappa shape index (κ3) is 2.96. The molecule has 0 saturated heterocycles. The maximum Gasteiger partial charge on any atom is 0.126 e. The summed E-state index contributed by atoms with van der Waals surface area (Å²) >= 11 is 3.37. The van der Waals surface area contributed by atoms with E-state index in [4.69, 9.17) is 0 Å². The highest BCUT2D eigenvalue weighted by atomic mass is 32.2. The Morgan fingerprint density at radius 1 is 1.44 bits per heavy atom. The summed E-state index contributed by atoms with van der Waals surface area (Å²) in [4.78, 5) is 9.88. The molecule has 2 rings (SSSR count). The molecule has 1 N–H and O–H groups in total. The standard InChI is InChI=1S/C11H13N3S2/c1-8-7-16-11(14-8)6-13-10-4-3-9(15-2)5-12-10/h3-5,7H,6H2,1-2H3,(H,12,13). The van der Waals surface area contributed by atoms with Gasteiger partial charge in [-0.1, -0.05) is 0 Å². The Morgan fingerprint density at radius 2 is 2.31 bits per heavy atom. The highest BCUT2D eigenvalue weighted by Crippen LogP contribution is 2.15. The molecule has 0 aliphatic rings. The summed E-state index contributed by atoms with van der Waals surface area (Å²) in [6, 6.07) is 4.05. The molecule has 84 valence electrons. The molecule has 0 fully saturated rings. The summed E-state index contributed by atoms with van der Waals surface area (Å²) in [5, 5.41) is 6.40. The summed E-state index contributed by atoms with van der Waals surface area (Å²) < 4.78 is 0. The van der Waals surface area contributed by atoms with Crippen molar-refractivity contribution >= 4 is 28.9 Å². The minimum Gasteiger partial charge on any atom is -0.364 e. The van der Waals surface area contributed by atoms with Crippen LogP contribution in [-0.2, 0) is 6.54 Å². The fraction of sp³-hybridized carbons (Fsp3) is 0.273. The monoisotopic (exact) mass is 251 g/mol. The predicted octanol–water partition coefficient (Wildman–Crippen LogP) is 3.18. The lowest BCUT2D eigenvalue weighted by Crippen LogP contribution is -2.00. The number of nitrogens with one attached hydrogen (secondary N) is 1. The molecule has 0 radical (unpaired) electrons. The molecular weight excluding hydrogens is 238 g/mol. The van der Waals surface area contributed by atoms with Crippen LogP contribution in [0.5, 0.6) is 0 Å². The Morgan fingerprint density at radius 3 is 2.88 bits per heavy atom. The van der Waals surface area contributed by atoms with Gasteiger partial charge in [-0.3, -0.25) is 0 Å². The maximum absolute atomic E-state index is 4.38. The number of nitrogens with zero attached hydrogens (tertiary/aromatic N) is 2. The Hall–Kier alpha value is -1.07. The van der Waals surface area contributed by atoms with Crippen molar-refractivity contribution in [2.75, 3.05) is 11.6 Å². The molecule has 2 aromatic heterocycles. The highest BCUT2D eigenvalue weighted by molar-refractivity contribution is 7.98. The van der Waals surface area contributed by atoms with Crippen molar-refractivity contribution in [1.29, 1.82) is 0 Å². The van der Waals surface area contributed by atoms with E-state index in [0.717, 1.165) is 23.1 Å². The van der Waals surface area contributed by atoms with E-state index >= 15 is 0 Å². The zero-order valence-electron chi connectivity index (χ0n) is 9.23. The first-order chi connectivity index (χ1) is 7.78. The summed E-state index contributed by atoms with van der Waals surface area (Å²) in [5.41, 5.74) is 1.08. The van der Waals surface area contributed by atoms with E-state index in [2.05, 4.69) is 26.7 Å². The van der Waals surface area contributed by atoms with Gasteiger partial charge in [-0.25, -0.2) is 9.97 Å². The summed E-state index contributed by atoms with van der Waals surface area (Å²) in [6.45, 7) is 2.75. The quantitative estimate of drug-likeness (QED) is 0.847. The van der Waals surface area contributed by atoms with Crippen LogP contribution in [-0.4, -0.2) is 16.2 Å². The summed E-state index contributed by atoms with van der Waals surface area (Å²) in [5.74, 6) is 0.894. The number of rotatable bonds is 4. The Bertz CT molecular complexity index is 451. The lowest BCUT2D eigenvalue weighted by atomic mass is 10.4. The number of pyridine rings is 1. The molecule has 0 saturated carbocycles. The summed E-state index contributed by atoms with van der Waals surface area (Å²) in [7, 11) is 0. The van der Waals surface area contributed by atoms with Gasteiger partial charge in [0.05, 0.1) is 6.54 Å². The zero-order valence-corrected chi connectivity index (χ0v) is 10.9. The highest BCUT2D eigenvalue weighted by Gasteiger charge is 1.99. The second kappa shape index (κ2) is 5.32. The first-order valence-corrected chi connectivity index (χ1v) is 7.03. The van der Waals surface area contributed by atoms with Gasteiger partial charge in [0.15, 0.2) is 0 Å². The number of aryl methyl sites for hydroxylation is 1. The first kappa shape index (κ1) is 11.4. The molecule has 0 aromatic carbocycles. The molecule has 0 spiro atoms. The van der Waals surface area contributed by atoms with Gasteiger partial charge in [0, 0.05) is 22.2 Å². The molecule has 0 unspecified atom stereocenters. The lowest BCUT2D eigenvalue weighted by molar-refractivity contribution is 1.05. The number of hydrogen-bond acceptors (Lipinski definition) is 5. The van der Waals surface area contributed by atoms with Gasteiger partial charge >= 0.3 is 0 Å². The topological polar surface area (TPSA) is 37.8 Å². The SMILES string of the molecule is CSc1ccc(NCc2nc(C)cs2)nc1. The van der Waals surface area contributed by atoms with Crippen molar-refractivity contribution in [3.63, 3.8) is 0 Å². The normalized spacial score (nSPS) is 10.4. The Balaban J connectivity index is 1.94. The van der Waals surface area contributed by atoms with Crippen molar-refractivity contribution in [2.24, 2.45) is 0 Å². The molecule has 16 heavy (non-hydrogen) atoms. The van der Waals surface area contributed by atoms with Crippen LogP contribution in [0.4, 0.5) is 5.82 Å². The van der Waals surface area contributed by atoms with Crippen molar-refractivity contribution in [1.82, 2.24) is 9.97 Å². The lowest BCUT2D eigenvalue weighted by Gasteiger charge is -2.03. The second-order valence-electron chi connectivity index (χ2n) is 3.32. The average molecular weight is 251 g/mol. The van der Waals surface area contributed by atoms with Gasteiger partial charge in [-0.15, -0.1) is 23.1 Å². The van der Waals surface area contributed by atoms with E-state index in [9.17, 15) is 0 Å². The van der Waals surface area contributed by atoms with Crippen LogP contribution in [0.25, 0.3) is 0 Å². The smallest absolute Gasteiger partial charge is 0.126 e. The van der Waals surface area contributed by atoms with Crippen LogP contribution in [0.15, 0.2) is 28.6 Å². The van der Waals surface area contributed by atoms with Crippen LogP contribution < -0.4 is 5.32 Å². The number of thioether (sulfide) groups is 1. The number of thiazole rings is 1. The first-order valence-electron chi connectivity index (χ1n) is 4.93. The molecule has 5 heteroatoms. The van der Waals surface area contributed by atoms with E-state index in [1.54, 1.807) is 23.1 Å². The fourth-order valence-electron chi connectivity index (χ4n) is 1.26. The fourth-order valence-corrected chi connectivity index (χ4v) is 2.33. The minimum atomic E-state index is 0.740. The van der Waals surface area contributed by atoms with E-state index in [1.807, 2.05) is 25.4 Å². The Kier molecular flexibility index (Phi) is 3.79. The number of anilines is 1. The molecule has 2 aromatic rings. The molecule has 0 bridgehead atoms. The van der Waals surface area contributed by atoms with Crippen molar-refractivity contribution in [2.45, 2.75) is 18.4 Å². The van der Waals surface area contributed by atoms with Crippen LogP contribution in [0.1, 0.15) is 10.7 Å². The van der Waals surface area contributed by atoms with Gasteiger partial charge < -0.3 is 5.32 Å². The number of hydrogen-bond donors (Lipinski definition) is 1. The Labute approximate surface area is 103 Å². The molecule has 0 atom stereocenters. The van der Waals surface area contributed by atoms with E-state index in [0.29, 0.717) is 0 Å². The third-order valence-corrected chi connectivity index (χ3v) is 3.74. The third-order valence-electron chi connectivity index (χ3n) is 2.06. The number of aromatic nitrogens is 2. The molecule has 0 aliphatic carbocycles. The van der Waals surface area contributed by atoms with Gasteiger partial charge in [-0.2, -0.15) is 0 Å². The maximum atomic E-state index is 4.38. The van der Waals surface area contributed by atoms with Gasteiger partial charge in [0.2, 0.25) is 0 Å². The minimum absolute atomic E-state index is 0.740. The van der Waals surface area contributed by atoms with Crippen molar-refractivity contribution < 1.29 is 0 Å². The average Bonchev–Trinajstić information content (AvgIpc) is 2.73. The zero-order chi connectivity index (χ0) is 11.4. The van der Waals surface area contributed by atoms with Crippen LogP contribution in [0, 0.1) is 6.92 Å². The molecule has 0 amide bonds. The van der Waals surface area contributed by atoms with Crippen LogP contribution >= 0.6 is 23.1 Å².